The Kier molecular flexibility index (Phi) is 10.3. The number of rotatable bonds is 12. The molecule has 0 spiro atoms. The molecule has 1 N–H and O–H groups in total. The van der Waals surface area contributed by atoms with Crippen LogP contribution >= 0.6 is 11.6 Å². The molecule has 31 heavy (non-hydrogen) atoms. The van der Waals surface area contributed by atoms with Crippen LogP contribution in [0.2, 0.25) is 5.02 Å². The van der Waals surface area contributed by atoms with Gasteiger partial charge in [0.25, 0.3) is 5.91 Å². The van der Waals surface area contributed by atoms with Gasteiger partial charge in [-0.1, -0.05) is 54.1 Å². The highest BCUT2D eigenvalue weighted by molar-refractivity contribution is 6.32. The lowest BCUT2D eigenvalue weighted by Gasteiger charge is -2.28. The van der Waals surface area contributed by atoms with E-state index in [1.165, 1.54) is 4.90 Å². The van der Waals surface area contributed by atoms with E-state index in [4.69, 9.17) is 21.1 Å². The molecule has 0 saturated carbocycles. The Morgan fingerprint density at radius 1 is 1.03 bits per heavy atom. The second kappa shape index (κ2) is 13.0. The third kappa shape index (κ3) is 8.59. The zero-order chi connectivity index (χ0) is 22.6. The molecule has 0 heterocycles. The van der Waals surface area contributed by atoms with Gasteiger partial charge in [0.05, 0.1) is 11.1 Å². The van der Waals surface area contributed by atoms with Gasteiger partial charge in [0.1, 0.15) is 11.8 Å². The van der Waals surface area contributed by atoms with Crippen molar-refractivity contribution in [2.45, 2.75) is 45.9 Å². The highest BCUT2D eigenvalue weighted by Gasteiger charge is 2.26. The van der Waals surface area contributed by atoms with Gasteiger partial charge in [0.15, 0.2) is 6.61 Å². The van der Waals surface area contributed by atoms with Gasteiger partial charge in [-0.15, -0.1) is 0 Å². The number of para-hydroxylation sites is 1. The molecule has 1 unspecified atom stereocenters. The molecule has 6 nitrogen and oxygen atoms in total. The average Bonchev–Trinajstić information content (AvgIpc) is 2.76. The van der Waals surface area contributed by atoms with E-state index in [9.17, 15) is 9.59 Å². The van der Waals surface area contributed by atoms with Crippen LogP contribution in [0.5, 0.6) is 5.75 Å². The van der Waals surface area contributed by atoms with E-state index >= 15 is 0 Å². The molecule has 0 aliphatic rings. The lowest BCUT2D eigenvalue weighted by molar-refractivity contribution is -0.142. The molecule has 1 atom stereocenters. The molecular formula is C24H31ClN2O4. The number of carbonyl (C=O) groups is 2. The summed E-state index contributed by atoms with van der Waals surface area (Å²) in [5.41, 5.74) is 0.929. The minimum absolute atomic E-state index is 0.159. The molecule has 2 aromatic rings. The minimum Gasteiger partial charge on any atom is -0.482 e. The standard InChI is InChI=1S/C24H31ClN2O4/c1-18(2)30-15-9-14-26-24(29)19(3)27(16-20-10-5-4-6-11-20)23(28)17-31-22-13-8-7-12-21(22)25/h4-8,10-13,18-19H,9,14-17H2,1-3H3,(H,26,29). The summed E-state index contributed by atoms with van der Waals surface area (Å²) in [5.74, 6) is -0.0828. The van der Waals surface area contributed by atoms with Gasteiger partial charge in [-0.2, -0.15) is 0 Å². The van der Waals surface area contributed by atoms with E-state index in [0.29, 0.717) is 36.9 Å². The van der Waals surface area contributed by atoms with Crippen LogP contribution in [-0.4, -0.2) is 48.6 Å². The number of nitrogens with one attached hydrogen (secondary N) is 1. The van der Waals surface area contributed by atoms with Crippen LogP contribution in [0.3, 0.4) is 0 Å². The van der Waals surface area contributed by atoms with E-state index in [-0.39, 0.29) is 24.5 Å². The van der Waals surface area contributed by atoms with Crippen LogP contribution in [-0.2, 0) is 20.9 Å². The first kappa shape index (κ1) is 24.7. The van der Waals surface area contributed by atoms with Crippen LogP contribution in [0.25, 0.3) is 0 Å². The Morgan fingerprint density at radius 3 is 2.39 bits per heavy atom. The molecule has 7 heteroatoms. The molecular weight excluding hydrogens is 416 g/mol. The fraction of sp³-hybridized carbons (Fsp3) is 0.417. The van der Waals surface area contributed by atoms with Crippen LogP contribution in [0.15, 0.2) is 54.6 Å². The van der Waals surface area contributed by atoms with Crippen molar-refractivity contribution in [3.8, 4) is 5.75 Å². The molecule has 168 valence electrons. The zero-order valence-electron chi connectivity index (χ0n) is 18.3. The average molecular weight is 447 g/mol. The van der Waals surface area contributed by atoms with Gasteiger partial charge < -0.3 is 19.7 Å². The first-order valence-corrected chi connectivity index (χ1v) is 10.9. The number of nitrogens with zero attached hydrogens (tertiary/aromatic N) is 1. The van der Waals surface area contributed by atoms with Gasteiger partial charge in [-0.3, -0.25) is 9.59 Å². The second-order valence-electron chi connectivity index (χ2n) is 7.47. The monoisotopic (exact) mass is 446 g/mol. The molecule has 0 saturated heterocycles. The lowest BCUT2D eigenvalue weighted by atomic mass is 10.1. The predicted octanol–water partition coefficient (Wildman–Crippen LogP) is 4.07. The van der Waals surface area contributed by atoms with Crippen molar-refractivity contribution in [2.24, 2.45) is 0 Å². The largest absolute Gasteiger partial charge is 0.482 e. The quantitative estimate of drug-likeness (QED) is 0.499. The van der Waals surface area contributed by atoms with E-state index in [1.54, 1.807) is 31.2 Å². The molecule has 2 rings (SSSR count). The first-order valence-electron chi connectivity index (χ1n) is 10.5. The van der Waals surface area contributed by atoms with E-state index in [1.807, 2.05) is 44.2 Å². The van der Waals surface area contributed by atoms with Gasteiger partial charge >= 0.3 is 0 Å². The Labute approximate surface area is 189 Å². The van der Waals surface area contributed by atoms with Crippen molar-refractivity contribution in [1.29, 1.82) is 0 Å². The summed E-state index contributed by atoms with van der Waals surface area (Å²) < 4.78 is 11.1. The maximum absolute atomic E-state index is 13.0. The van der Waals surface area contributed by atoms with Crippen molar-refractivity contribution in [3.63, 3.8) is 0 Å². The number of benzene rings is 2. The van der Waals surface area contributed by atoms with Crippen molar-refractivity contribution in [3.05, 3.63) is 65.2 Å². The van der Waals surface area contributed by atoms with Gasteiger partial charge in [0, 0.05) is 19.7 Å². The molecule has 0 aliphatic heterocycles. The summed E-state index contributed by atoms with van der Waals surface area (Å²) >= 11 is 6.11. The summed E-state index contributed by atoms with van der Waals surface area (Å²) in [5, 5.41) is 3.32. The summed E-state index contributed by atoms with van der Waals surface area (Å²) in [7, 11) is 0. The molecule has 0 bridgehead atoms. The van der Waals surface area contributed by atoms with Crippen molar-refractivity contribution in [2.75, 3.05) is 19.8 Å². The number of ether oxygens (including phenoxy) is 2. The van der Waals surface area contributed by atoms with Gasteiger partial charge in [-0.05, 0) is 44.9 Å². The maximum Gasteiger partial charge on any atom is 0.261 e. The Bertz CT molecular complexity index is 829. The first-order chi connectivity index (χ1) is 14.9. The fourth-order valence-corrected chi connectivity index (χ4v) is 3.09. The van der Waals surface area contributed by atoms with Crippen LogP contribution in [0.1, 0.15) is 32.8 Å². The van der Waals surface area contributed by atoms with E-state index in [0.717, 1.165) is 5.56 Å². The molecule has 0 aliphatic carbocycles. The Balaban J connectivity index is 2.00. The maximum atomic E-state index is 13.0. The summed E-state index contributed by atoms with van der Waals surface area (Å²) in [4.78, 5) is 27.2. The number of hydrogen-bond acceptors (Lipinski definition) is 4. The van der Waals surface area contributed by atoms with Crippen molar-refractivity contribution < 1.29 is 19.1 Å². The zero-order valence-corrected chi connectivity index (χ0v) is 19.1. The Hall–Kier alpha value is -2.57. The topological polar surface area (TPSA) is 67.9 Å². The lowest BCUT2D eigenvalue weighted by Crippen LogP contribution is -2.49. The fourth-order valence-electron chi connectivity index (χ4n) is 2.90. The van der Waals surface area contributed by atoms with Gasteiger partial charge in [-0.25, -0.2) is 0 Å². The molecule has 2 amide bonds. The third-order valence-corrected chi connectivity index (χ3v) is 4.93. The molecule has 0 radical (unpaired) electrons. The second-order valence-corrected chi connectivity index (χ2v) is 7.87. The number of carbonyl (C=O) groups excluding carboxylic acids is 2. The summed E-state index contributed by atoms with van der Waals surface area (Å²) in [6, 6.07) is 15.9. The van der Waals surface area contributed by atoms with Gasteiger partial charge in [0.2, 0.25) is 5.91 Å². The van der Waals surface area contributed by atoms with Crippen LogP contribution in [0.4, 0.5) is 0 Å². The summed E-state index contributed by atoms with van der Waals surface area (Å²) in [6.07, 6.45) is 0.866. The van der Waals surface area contributed by atoms with Crippen molar-refractivity contribution in [1.82, 2.24) is 10.2 Å². The predicted molar refractivity (Wildman–Crippen MR) is 122 cm³/mol. The van der Waals surface area contributed by atoms with Crippen LogP contribution in [0, 0.1) is 0 Å². The highest BCUT2D eigenvalue weighted by atomic mass is 35.5. The van der Waals surface area contributed by atoms with E-state index in [2.05, 4.69) is 5.32 Å². The number of halogens is 1. The molecule has 0 fully saturated rings. The summed E-state index contributed by atoms with van der Waals surface area (Å²) in [6.45, 7) is 6.81. The Morgan fingerprint density at radius 2 is 1.71 bits per heavy atom. The third-order valence-electron chi connectivity index (χ3n) is 4.62. The normalized spacial score (nSPS) is 11.8. The van der Waals surface area contributed by atoms with E-state index < -0.39 is 6.04 Å². The SMILES string of the molecule is CC(C)OCCCNC(=O)C(C)N(Cc1ccccc1)C(=O)COc1ccccc1Cl. The van der Waals surface area contributed by atoms with Crippen LogP contribution < -0.4 is 10.1 Å². The number of amides is 2. The highest BCUT2D eigenvalue weighted by Crippen LogP contribution is 2.23. The number of hydrogen-bond donors (Lipinski definition) is 1. The van der Waals surface area contributed by atoms with Crippen molar-refractivity contribution >= 4 is 23.4 Å². The minimum atomic E-state index is -0.659. The smallest absolute Gasteiger partial charge is 0.261 e. The molecule has 0 aromatic heterocycles. The molecule has 2 aromatic carbocycles.